The van der Waals surface area contributed by atoms with Gasteiger partial charge in [0.1, 0.15) is 17.4 Å². The molecule has 0 aliphatic carbocycles. The van der Waals surface area contributed by atoms with Crippen LogP contribution in [0.1, 0.15) is 16.8 Å². The summed E-state index contributed by atoms with van der Waals surface area (Å²) in [4.78, 5) is 12.0. The lowest BCUT2D eigenvalue weighted by Gasteiger charge is -2.10. The van der Waals surface area contributed by atoms with Gasteiger partial charge in [-0.2, -0.15) is 5.26 Å². The number of benzene rings is 1. The van der Waals surface area contributed by atoms with Gasteiger partial charge in [0.25, 0.3) is 5.56 Å². The minimum atomic E-state index is -0.318. The number of aryl methyl sites for hydroxylation is 1. The molecule has 0 fully saturated rings. The fourth-order valence-electron chi connectivity index (χ4n) is 1.72. The number of halogens is 1. The van der Waals surface area contributed by atoms with Crippen LogP contribution in [0.15, 0.2) is 41.2 Å². The Morgan fingerprint density at radius 3 is 2.50 bits per heavy atom. The molecule has 0 bridgehead atoms. The summed E-state index contributed by atoms with van der Waals surface area (Å²) in [7, 11) is 0. The van der Waals surface area contributed by atoms with Gasteiger partial charge < -0.3 is 4.57 Å². The Balaban J connectivity index is 2.43. The Hall–Kier alpha value is -2.41. The predicted octanol–water partition coefficient (Wildman–Crippen LogP) is 2.22. The van der Waals surface area contributed by atoms with E-state index in [2.05, 4.69) is 0 Å². The fraction of sp³-hybridized carbons (Fsp3) is 0.143. The van der Waals surface area contributed by atoms with E-state index in [0.717, 1.165) is 11.3 Å². The number of pyridine rings is 1. The van der Waals surface area contributed by atoms with E-state index >= 15 is 0 Å². The van der Waals surface area contributed by atoms with Gasteiger partial charge in [-0.1, -0.05) is 12.1 Å². The third-order valence-electron chi connectivity index (χ3n) is 2.77. The van der Waals surface area contributed by atoms with E-state index < -0.39 is 0 Å². The monoisotopic (exact) mass is 242 g/mol. The highest BCUT2D eigenvalue weighted by atomic mass is 19.1. The quantitative estimate of drug-likeness (QED) is 0.810. The second-order valence-corrected chi connectivity index (χ2v) is 4.02. The van der Waals surface area contributed by atoms with Crippen molar-refractivity contribution in [3.8, 4) is 6.07 Å². The molecule has 3 nitrogen and oxygen atoms in total. The molecule has 0 aliphatic heterocycles. The van der Waals surface area contributed by atoms with Gasteiger partial charge in [-0.15, -0.1) is 0 Å². The van der Waals surface area contributed by atoms with Crippen LogP contribution in [-0.4, -0.2) is 4.57 Å². The van der Waals surface area contributed by atoms with Gasteiger partial charge in [0, 0.05) is 5.69 Å². The fourth-order valence-corrected chi connectivity index (χ4v) is 1.72. The number of hydrogen-bond acceptors (Lipinski definition) is 2. The summed E-state index contributed by atoms with van der Waals surface area (Å²) >= 11 is 0. The van der Waals surface area contributed by atoms with Gasteiger partial charge in [-0.3, -0.25) is 4.79 Å². The van der Waals surface area contributed by atoms with Crippen molar-refractivity contribution in [1.82, 2.24) is 4.57 Å². The van der Waals surface area contributed by atoms with Crippen LogP contribution in [0.4, 0.5) is 4.39 Å². The topological polar surface area (TPSA) is 45.8 Å². The van der Waals surface area contributed by atoms with E-state index in [1.54, 1.807) is 25.1 Å². The molecule has 0 amide bonds. The minimum Gasteiger partial charge on any atom is -0.307 e. The standard InChI is InChI=1S/C14H11FN2O/c1-10-2-5-12(8-16)14(18)17(10)9-11-3-6-13(15)7-4-11/h2-7H,9H2,1H3. The lowest BCUT2D eigenvalue weighted by Crippen LogP contribution is -2.24. The number of nitrogens with zero attached hydrogens (tertiary/aromatic N) is 2. The van der Waals surface area contributed by atoms with Crippen molar-refractivity contribution in [2.75, 3.05) is 0 Å². The van der Waals surface area contributed by atoms with Crippen molar-refractivity contribution >= 4 is 0 Å². The summed E-state index contributed by atoms with van der Waals surface area (Å²) in [6, 6.07) is 11.1. The second kappa shape index (κ2) is 4.84. The molecule has 1 aromatic heterocycles. The number of nitriles is 1. The Kier molecular flexibility index (Phi) is 3.24. The molecule has 0 radical (unpaired) electrons. The maximum atomic E-state index is 12.8. The highest BCUT2D eigenvalue weighted by Gasteiger charge is 2.06. The summed E-state index contributed by atoms with van der Waals surface area (Å²) in [6.45, 7) is 2.13. The number of hydrogen-bond donors (Lipinski definition) is 0. The molecule has 90 valence electrons. The Morgan fingerprint density at radius 1 is 1.22 bits per heavy atom. The van der Waals surface area contributed by atoms with E-state index in [-0.39, 0.29) is 16.9 Å². The molecule has 4 heteroatoms. The molecular weight excluding hydrogens is 231 g/mol. The molecule has 1 heterocycles. The Bertz CT molecular complexity index is 666. The first kappa shape index (κ1) is 12.1. The van der Waals surface area contributed by atoms with Crippen molar-refractivity contribution in [2.24, 2.45) is 0 Å². The van der Waals surface area contributed by atoms with Gasteiger partial charge >= 0.3 is 0 Å². The van der Waals surface area contributed by atoms with Crippen LogP contribution in [-0.2, 0) is 6.54 Å². The molecule has 0 aliphatic rings. The molecule has 0 saturated heterocycles. The van der Waals surface area contributed by atoms with Gasteiger partial charge in [-0.25, -0.2) is 4.39 Å². The summed E-state index contributed by atoms with van der Waals surface area (Å²) in [6.07, 6.45) is 0. The largest absolute Gasteiger partial charge is 0.307 e. The van der Waals surface area contributed by atoms with Crippen LogP contribution < -0.4 is 5.56 Å². The molecule has 1 aromatic carbocycles. The average molecular weight is 242 g/mol. The average Bonchev–Trinajstić information content (AvgIpc) is 2.37. The molecule has 0 unspecified atom stereocenters. The van der Waals surface area contributed by atoms with Crippen LogP contribution in [0.3, 0.4) is 0 Å². The number of aromatic nitrogens is 1. The van der Waals surface area contributed by atoms with E-state index in [1.165, 1.54) is 22.8 Å². The lowest BCUT2D eigenvalue weighted by molar-refractivity contribution is 0.625. The first-order chi connectivity index (χ1) is 8.61. The van der Waals surface area contributed by atoms with Gasteiger partial charge in [-0.05, 0) is 36.8 Å². The Labute approximate surface area is 104 Å². The van der Waals surface area contributed by atoms with E-state index in [9.17, 15) is 9.18 Å². The summed E-state index contributed by atoms with van der Waals surface area (Å²) < 4.78 is 14.3. The molecule has 0 atom stereocenters. The normalized spacial score (nSPS) is 10.1. The summed E-state index contributed by atoms with van der Waals surface area (Å²) in [5.41, 5.74) is 1.38. The number of rotatable bonds is 2. The smallest absolute Gasteiger partial charge is 0.268 e. The first-order valence-electron chi connectivity index (χ1n) is 5.47. The van der Waals surface area contributed by atoms with E-state index in [4.69, 9.17) is 5.26 Å². The van der Waals surface area contributed by atoms with Crippen molar-refractivity contribution in [3.05, 3.63) is 69.4 Å². The van der Waals surface area contributed by atoms with Gasteiger partial charge in [0.2, 0.25) is 0 Å². The molecule has 0 spiro atoms. The highest BCUT2D eigenvalue weighted by Crippen LogP contribution is 2.06. The van der Waals surface area contributed by atoms with Crippen LogP contribution in [0.2, 0.25) is 0 Å². The van der Waals surface area contributed by atoms with Crippen molar-refractivity contribution in [3.63, 3.8) is 0 Å². The molecule has 0 N–H and O–H groups in total. The van der Waals surface area contributed by atoms with Crippen LogP contribution >= 0.6 is 0 Å². The first-order valence-corrected chi connectivity index (χ1v) is 5.47. The van der Waals surface area contributed by atoms with Crippen LogP contribution in [0.5, 0.6) is 0 Å². The van der Waals surface area contributed by atoms with Gasteiger partial charge in [0.15, 0.2) is 0 Å². The lowest BCUT2D eigenvalue weighted by atomic mass is 10.2. The Morgan fingerprint density at radius 2 is 1.89 bits per heavy atom. The molecule has 0 saturated carbocycles. The van der Waals surface area contributed by atoms with Crippen LogP contribution in [0.25, 0.3) is 0 Å². The highest BCUT2D eigenvalue weighted by molar-refractivity contribution is 5.28. The minimum absolute atomic E-state index is 0.114. The second-order valence-electron chi connectivity index (χ2n) is 4.02. The summed E-state index contributed by atoms with van der Waals surface area (Å²) in [5.74, 6) is -0.311. The molecule has 2 aromatic rings. The van der Waals surface area contributed by atoms with E-state index in [1.807, 2.05) is 6.07 Å². The maximum Gasteiger partial charge on any atom is 0.268 e. The maximum absolute atomic E-state index is 12.8. The van der Waals surface area contributed by atoms with Crippen molar-refractivity contribution < 1.29 is 4.39 Å². The summed E-state index contributed by atoms with van der Waals surface area (Å²) in [5, 5.41) is 8.82. The van der Waals surface area contributed by atoms with E-state index in [0.29, 0.717) is 6.54 Å². The SMILES string of the molecule is Cc1ccc(C#N)c(=O)n1Cc1ccc(F)cc1. The zero-order chi connectivity index (χ0) is 13.1. The van der Waals surface area contributed by atoms with Gasteiger partial charge in [0.05, 0.1) is 6.54 Å². The van der Waals surface area contributed by atoms with Crippen molar-refractivity contribution in [2.45, 2.75) is 13.5 Å². The molecular formula is C14H11FN2O. The predicted molar refractivity (Wildman–Crippen MR) is 65.7 cm³/mol. The molecule has 18 heavy (non-hydrogen) atoms. The molecule has 2 rings (SSSR count). The third-order valence-corrected chi connectivity index (χ3v) is 2.77. The van der Waals surface area contributed by atoms with Crippen LogP contribution in [0, 0.1) is 24.1 Å². The van der Waals surface area contributed by atoms with Crippen molar-refractivity contribution in [1.29, 1.82) is 5.26 Å². The third kappa shape index (κ3) is 2.30. The zero-order valence-electron chi connectivity index (χ0n) is 9.85. The zero-order valence-corrected chi connectivity index (χ0v) is 9.85.